The van der Waals surface area contributed by atoms with Crippen LogP contribution in [0.5, 0.6) is 0 Å². The second kappa shape index (κ2) is 5.85. The van der Waals surface area contributed by atoms with E-state index in [0.717, 1.165) is 24.5 Å². The maximum atomic E-state index is 3.80. The van der Waals surface area contributed by atoms with Crippen LogP contribution in [0.15, 0.2) is 30.3 Å². The van der Waals surface area contributed by atoms with Crippen molar-refractivity contribution in [3.63, 3.8) is 0 Å². The lowest BCUT2D eigenvalue weighted by atomic mass is 9.76. The molecule has 1 aliphatic heterocycles. The Kier molecular flexibility index (Phi) is 3.96. The van der Waals surface area contributed by atoms with Crippen molar-refractivity contribution in [2.45, 2.75) is 50.7 Å². The van der Waals surface area contributed by atoms with Gasteiger partial charge in [-0.3, -0.25) is 0 Å². The molecule has 3 unspecified atom stereocenters. The van der Waals surface area contributed by atoms with Gasteiger partial charge in [-0.25, -0.2) is 0 Å². The third-order valence-electron chi connectivity index (χ3n) is 4.61. The highest BCUT2D eigenvalue weighted by Crippen LogP contribution is 2.30. The standard InChI is InChI=1S/C16H24N2/c1-2-6-13(7-3-1)12-18-16-10-11-17-15-9-5-4-8-14(15)16/h1-3,6-7,14-18H,4-5,8-12H2. The van der Waals surface area contributed by atoms with Gasteiger partial charge in [-0.1, -0.05) is 43.2 Å². The minimum Gasteiger partial charge on any atom is -0.314 e. The predicted molar refractivity (Wildman–Crippen MR) is 75.4 cm³/mol. The van der Waals surface area contributed by atoms with E-state index in [2.05, 4.69) is 41.0 Å². The van der Waals surface area contributed by atoms with Crippen LogP contribution in [0.4, 0.5) is 0 Å². The van der Waals surface area contributed by atoms with E-state index in [0.29, 0.717) is 0 Å². The van der Waals surface area contributed by atoms with E-state index in [1.54, 1.807) is 0 Å². The van der Waals surface area contributed by atoms with Crippen molar-refractivity contribution < 1.29 is 0 Å². The first-order chi connectivity index (χ1) is 8.93. The summed E-state index contributed by atoms with van der Waals surface area (Å²) < 4.78 is 0. The lowest BCUT2D eigenvalue weighted by Crippen LogP contribution is -2.54. The molecule has 2 N–H and O–H groups in total. The summed E-state index contributed by atoms with van der Waals surface area (Å²) in [5.41, 5.74) is 1.41. The average molecular weight is 244 g/mol. The van der Waals surface area contributed by atoms with E-state index >= 15 is 0 Å². The van der Waals surface area contributed by atoms with Crippen LogP contribution in [0.25, 0.3) is 0 Å². The zero-order valence-corrected chi connectivity index (χ0v) is 11.1. The number of piperidine rings is 1. The summed E-state index contributed by atoms with van der Waals surface area (Å²) in [6.45, 7) is 2.21. The summed E-state index contributed by atoms with van der Waals surface area (Å²) in [5.74, 6) is 0.858. The van der Waals surface area contributed by atoms with E-state index in [9.17, 15) is 0 Å². The molecule has 1 heterocycles. The molecular weight excluding hydrogens is 220 g/mol. The van der Waals surface area contributed by atoms with Gasteiger partial charge in [0.1, 0.15) is 0 Å². The van der Waals surface area contributed by atoms with Crippen molar-refractivity contribution in [3.8, 4) is 0 Å². The molecule has 1 aromatic carbocycles. The molecule has 2 nitrogen and oxygen atoms in total. The molecule has 0 aromatic heterocycles. The Morgan fingerprint density at radius 2 is 1.89 bits per heavy atom. The van der Waals surface area contributed by atoms with Gasteiger partial charge in [0.05, 0.1) is 0 Å². The zero-order valence-electron chi connectivity index (χ0n) is 11.1. The highest BCUT2D eigenvalue weighted by atomic mass is 15.0. The van der Waals surface area contributed by atoms with Crippen LogP contribution in [0.3, 0.4) is 0 Å². The van der Waals surface area contributed by atoms with Crippen LogP contribution < -0.4 is 10.6 Å². The second-order valence-corrected chi connectivity index (χ2v) is 5.77. The number of benzene rings is 1. The van der Waals surface area contributed by atoms with Crippen LogP contribution in [-0.2, 0) is 6.54 Å². The fraction of sp³-hybridized carbons (Fsp3) is 0.625. The number of fused-ring (bicyclic) bond motifs is 1. The van der Waals surface area contributed by atoms with E-state index in [1.807, 2.05) is 0 Å². The third-order valence-corrected chi connectivity index (χ3v) is 4.61. The molecular formula is C16H24N2. The molecule has 0 amide bonds. The van der Waals surface area contributed by atoms with Gasteiger partial charge in [-0.15, -0.1) is 0 Å². The van der Waals surface area contributed by atoms with Gasteiger partial charge in [0.15, 0.2) is 0 Å². The number of rotatable bonds is 3. The van der Waals surface area contributed by atoms with E-state index < -0.39 is 0 Å². The Balaban J connectivity index is 1.58. The Morgan fingerprint density at radius 1 is 1.06 bits per heavy atom. The van der Waals surface area contributed by atoms with Gasteiger partial charge in [0.25, 0.3) is 0 Å². The minimum absolute atomic E-state index is 0.719. The normalized spacial score (nSPS) is 31.9. The smallest absolute Gasteiger partial charge is 0.0208 e. The first-order valence-electron chi connectivity index (χ1n) is 7.44. The lowest BCUT2D eigenvalue weighted by Gasteiger charge is -2.42. The molecule has 0 radical (unpaired) electrons. The molecule has 2 fully saturated rings. The highest BCUT2D eigenvalue weighted by Gasteiger charge is 2.34. The Morgan fingerprint density at radius 3 is 2.78 bits per heavy atom. The molecule has 2 aliphatic rings. The van der Waals surface area contributed by atoms with E-state index in [4.69, 9.17) is 0 Å². The maximum Gasteiger partial charge on any atom is 0.0208 e. The fourth-order valence-corrected chi connectivity index (χ4v) is 3.63. The minimum atomic E-state index is 0.719. The van der Waals surface area contributed by atoms with Gasteiger partial charge in [0.2, 0.25) is 0 Å². The summed E-state index contributed by atoms with van der Waals surface area (Å²) in [4.78, 5) is 0. The molecule has 1 aliphatic carbocycles. The monoisotopic (exact) mass is 244 g/mol. The van der Waals surface area contributed by atoms with Crippen molar-refractivity contribution in [1.29, 1.82) is 0 Å². The molecule has 3 atom stereocenters. The topological polar surface area (TPSA) is 24.1 Å². The summed E-state index contributed by atoms with van der Waals surface area (Å²) in [7, 11) is 0. The first-order valence-corrected chi connectivity index (χ1v) is 7.44. The van der Waals surface area contributed by atoms with Crippen LogP contribution >= 0.6 is 0 Å². The Hall–Kier alpha value is -0.860. The molecule has 0 bridgehead atoms. The molecule has 18 heavy (non-hydrogen) atoms. The highest BCUT2D eigenvalue weighted by molar-refractivity contribution is 5.14. The van der Waals surface area contributed by atoms with E-state index in [1.165, 1.54) is 44.2 Å². The van der Waals surface area contributed by atoms with Gasteiger partial charge >= 0.3 is 0 Å². The molecule has 0 spiro atoms. The molecule has 1 saturated carbocycles. The van der Waals surface area contributed by atoms with Gasteiger partial charge < -0.3 is 10.6 Å². The first kappa shape index (κ1) is 12.2. The number of hydrogen-bond acceptors (Lipinski definition) is 2. The second-order valence-electron chi connectivity index (χ2n) is 5.77. The molecule has 2 heteroatoms. The van der Waals surface area contributed by atoms with Crippen molar-refractivity contribution in [1.82, 2.24) is 10.6 Å². The Labute approximate surface area is 110 Å². The van der Waals surface area contributed by atoms with Crippen LogP contribution in [0.2, 0.25) is 0 Å². The molecule has 1 aromatic rings. The average Bonchev–Trinajstić information content (AvgIpc) is 2.46. The summed E-state index contributed by atoms with van der Waals surface area (Å²) in [6, 6.07) is 12.3. The number of hydrogen-bond donors (Lipinski definition) is 2. The van der Waals surface area contributed by atoms with Crippen LogP contribution in [-0.4, -0.2) is 18.6 Å². The summed E-state index contributed by atoms with van der Waals surface area (Å²) in [5, 5.41) is 7.51. The Bertz CT molecular complexity index is 361. The summed E-state index contributed by atoms with van der Waals surface area (Å²) >= 11 is 0. The molecule has 98 valence electrons. The fourth-order valence-electron chi connectivity index (χ4n) is 3.63. The maximum absolute atomic E-state index is 3.80. The van der Waals surface area contributed by atoms with Gasteiger partial charge in [-0.2, -0.15) is 0 Å². The summed E-state index contributed by atoms with van der Waals surface area (Å²) in [6.07, 6.45) is 6.91. The zero-order chi connectivity index (χ0) is 12.2. The predicted octanol–water partition coefficient (Wildman–Crippen LogP) is 2.70. The van der Waals surface area contributed by atoms with E-state index in [-0.39, 0.29) is 0 Å². The lowest BCUT2D eigenvalue weighted by molar-refractivity contribution is 0.160. The number of nitrogens with one attached hydrogen (secondary N) is 2. The van der Waals surface area contributed by atoms with Crippen molar-refractivity contribution in [2.75, 3.05) is 6.54 Å². The quantitative estimate of drug-likeness (QED) is 0.854. The molecule has 1 saturated heterocycles. The third kappa shape index (κ3) is 2.76. The van der Waals surface area contributed by atoms with Crippen molar-refractivity contribution in [3.05, 3.63) is 35.9 Å². The van der Waals surface area contributed by atoms with Crippen molar-refractivity contribution in [2.24, 2.45) is 5.92 Å². The largest absolute Gasteiger partial charge is 0.314 e. The molecule has 3 rings (SSSR count). The van der Waals surface area contributed by atoms with Crippen LogP contribution in [0, 0.1) is 5.92 Å². The van der Waals surface area contributed by atoms with Gasteiger partial charge in [0, 0.05) is 18.6 Å². The SMILES string of the molecule is c1ccc(CNC2CCNC3CCCCC32)cc1. The van der Waals surface area contributed by atoms with Gasteiger partial charge in [-0.05, 0) is 37.3 Å². The van der Waals surface area contributed by atoms with Crippen LogP contribution in [0.1, 0.15) is 37.7 Å². The van der Waals surface area contributed by atoms with Crippen molar-refractivity contribution >= 4 is 0 Å².